The number of rotatable bonds is 3. The second kappa shape index (κ2) is 3.72. The van der Waals surface area contributed by atoms with Crippen LogP contribution in [-0.4, -0.2) is 15.2 Å². The lowest BCUT2D eigenvalue weighted by Gasteiger charge is -1.97. The molecule has 1 aliphatic rings. The Balaban J connectivity index is 1.88. The average molecular weight is 214 g/mol. The molecule has 0 radical (unpaired) electrons. The van der Waals surface area contributed by atoms with Crippen molar-refractivity contribution < 1.29 is 0 Å². The van der Waals surface area contributed by atoms with Gasteiger partial charge in [0.15, 0.2) is 5.82 Å². The lowest BCUT2D eigenvalue weighted by Crippen LogP contribution is -1.95. The largest absolute Gasteiger partial charge is 0.326 e. The van der Waals surface area contributed by atoms with Crippen molar-refractivity contribution in [1.82, 2.24) is 15.2 Å². The molecule has 0 atom stereocenters. The number of benzene rings is 1. The second-order valence-corrected chi connectivity index (χ2v) is 4.22. The summed E-state index contributed by atoms with van der Waals surface area (Å²) in [6.07, 6.45) is 2.47. The van der Waals surface area contributed by atoms with Gasteiger partial charge in [0.05, 0.1) is 0 Å². The highest BCUT2D eigenvalue weighted by molar-refractivity contribution is 5.55. The molecular formula is C12H14N4. The van der Waals surface area contributed by atoms with Gasteiger partial charge in [0.25, 0.3) is 0 Å². The van der Waals surface area contributed by atoms with E-state index in [1.54, 1.807) is 0 Å². The summed E-state index contributed by atoms with van der Waals surface area (Å²) in [7, 11) is 0. The van der Waals surface area contributed by atoms with E-state index in [-0.39, 0.29) is 0 Å². The molecule has 0 saturated heterocycles. The first-order valence-corrected chi connectivity index (χ1v) is 5.58. The number of nitrogens with two attached hydrogens (primary N) is 1. The Morgan fingerprint density at radius 1 is 1.25 bits per heavy atom. The molecule has 3 N–H and O–H groups in total. The third kappa shape index (κ3) is 1.72. The summed E-state index contributed by atoms with van der Waals surface area (Å²) < 4.78 is 0. The number of hydrogen-bond acceptors (Lipinski definition) is 3. The van der Waals surface area contributed by atoms with Gasteiger partial charge in [-0.25, -0.2) is 4.98 Å². The van der Waals surface area contributed by atoms with Crippen molar-refractivity contribution in [3.8, 4) is 11.4 Å². The Hall–Kier alpha value is -1.68. The zero-order valence-corrected chi connectivity index (χ0v) is 8.98. The molecule has 4 nitrogen and oxygen atoms in total. The Bertz CT molecular complexity index is 482. The molecule has 4 heteroatoms. The molecule has 2 aromatic rings. The average Bonchev–Trinajstić information content (AvgIpc) is 3.08. The van der Waals surface area contributed by atoms with Gasteiger partial charge >= 0.3 is 0 Å². The van der Waals surface area contributed by atoms with Gasteiger partial charge in [-0.2, -0.15) is 5.10 Å². The van der Waals surface area contributed by atoms with Crippen molar-refractivity contribution in [2.75, 3.05) is 0 Å². The summed E-state index contributed by atoms with van der Waals surface area (Å²) in [5.74, 6) is 2.42. The van der Waals surface area contributed by atoms with Gasteiger partial charge in [-0.3, -0.25) is 5.10 Å². The van der Waals surface area contributed by atoms with E-state index in [1.807, 2.05) is 24.3 Å². The molecule has 0 bridgehead atoms. The van der Waals surface area contributed by atoms with Crippen LogP contribution < -0.4 is 5.73 Å². The van der Waals surface area contributed by atoms with Gasteiger partial charge < -0.3 is 5.73 Å². The number of nitrogens with one attached hydrogen (secondary N) is 1. The molecule has 0 spiro atoms. The molecule has 3 rings (SSSR count). The molecule has 1 heterocycles. The highest BCUT2D eigenvalue weighted by Crippen LogP contribution is 2.38. The predicted octanol–water partition coefficient (Wildman–Crippen LogP) is 1.81. The van der Waals surface area contributed by atoms with Crippen molar-refractivity contribution in [2.45, 2.75) is 25.3 Å². The maximum absolute atomic E-state index is 5.55. The minimum Gasteiger partial charge on any atom is -0.326 e. The molecule has 1 saturated carbocycles. The summed E-state index contributed by atoms with van der Waals surface area (Å²) in [6.45, 7) is 0.571. The smallest absolute Gasteiger partial charge is 0.181 e. The minimum atomic E-state index is 0.571. The predicted molar refractivity (Wildman–Crippen MR) is 61.7 cm³/mol. The molecule has 0 amide bonds. The Morgan fingerprint density at radius 3 is 2.62 bits per heavy atom. The van der Waals surface area contributed by atoms with Gasteiger partial charge in [0.1, 0.15) is 5.82 Å². The van der Waals surface area contributed by atoms with E-state index in [2.05, 4.69) is 15.2 Å². The zero-order valence-electron chi connectivity index (χ0n) is 8.98. The molecule has 1 aromatic carbocycles. The van der Waals surface area contributed by atoms with Crippen molar-refractivity contribution in [1.29, 1.82) is 0 Å². The lowest BCUT2D eigenvalue weighted by atomic mass is 10.1. The first-order chi connectivity index (χ1) is 7.86. The first-order valence-electron chi connectivity index (χ1n) is 5.58. The molecular weight excluding hydrogens is 200 g/mol. The fourth-order valence-corrected chi connectivity index (χ4v) is 1.73. The first kappa shape index (κ1) is 9.54. The van der Waals surface area contributed by atoms with Crippen LogP contribution in [0.5, 0.6) is 0 Å². The van der Waals surface area contributed by atoms with Crippen LogP contribution in [0.4, 0.5) is 0 Å². The molecule has 1 aliphatic carbocycles. The van der Waals surface area contributed by atoms with Gasteiger partial charge in [-0.15, -0.1) is 0 Å². The Morgan fingerprint density at radius 2 is 2.00 bits per heavy atom. The number of hydrogen-bond donors (Lipinski definition) is 2. The van der Waals surface area contributed by atoms with Gasteiger partial charge in [-0.05, 0) is 18.4 Å². The fourth-order valence-electron chi connectivity index (χ4n) is 1.73. The van der Waals surface area contributed by atoms with E-state index in [1.165, 1.54) is 12.8 Å². The molecule has 1 fully saturated rings. The SMILES string of the molecule is NCc1ccc(-c2n[nH]c(C3CC3)n2)cc1. The third-order valence-electron chi connectivity index (χ3n) is 2.91. The van der Waals surface area contributed by atoms with Gasteiger partial charge in [0.2, 0.25) is 0 Å². The van der Waals surface area contributed by atoms with Crippen LogP contribution in [0.3, 0.4) is 0 Å². The number of nitrogens with zero attached hydrogens (tertiary/aromatic N) is 2. The minimum absolute atomic E-state index is 0.571. The van der Waals surface area contributed by atoms with Crippen molar-refractivity contribution in [3.63, 3.8) is 0 Å². The van der Waals surface area contributed by atoms with Crippen LogP contribution in [0.1, 0.15) is 30.1 Å². The van der Waals surface area contributed by atoms with Crippen molar-refractivity contribution in [3.05, 3.63) is 35.7 Å². The van der Waals surface area contributed by atoms with Crippen molar-refractivity contribution >= 4 is 0 Å². The summed E-state index contributed by atoms with van der Waals surface area (Å²) in [5, 5.41) is 7.24. The zero-order chi connectivity index (χ0) is 11.0. The summed E-state index contributed by atoms with van der Waals surface area (Å²) in [6, 6.07) is 8.06. The maximum atomic E-state index is 5.55. The van der Waals surface area contributed by atoms with Crippen LogP contribution in [0, 0.1) is 0 Å². The van der Waals surface area contributed by atoms with Gasteiger partial charge in [0, 0.05) is 18.0 Å². The number of aromatic amines is 1. The van der Waals surface area contributed by atoms with Gasteiger partial charge in [-0.1, -0.05) is 24.3 Å². The summed E-state index contributed by atoms with van der Waals surface area (Å²) >= 11 is 0. The summed E-state index contributed by atoms with van der Waals surface area (Å²) in [5.41, 5.74) is 7.72. The third-order valence-corrected chi connectivity index (χ3v) is 2.91. The quantitative estimate of drug-likeness (QED) is 0.818. The van der Waals surface area contributed by atoms with E-state index in [0.717, 1.165) is 22.8 Å². The molecule has 16 heavy (non-hydrogen) atoms. The number of H-pyrrole nitrogens is 1. The van der Waals surface area contributed by atoms with Crippen LogP contribution in [-0.2, 0) is 6.54 Å². The van der Waals surface area contributed by atoms with Crippen LogP contribution in [0.15, 0.2) is 24.3 Å². The second-order valence-electron chi connectivity index (χ2n) is 4.22. The normalized spacial score (nSPS) is 15.3. The van der Waals surface area contributed by atoms with E-state index in [9.17, 15) is 0 Å². The Labute approximate surface area is 93.9 Å². The van der Waals surface area contributed by atoms with E-state index < -0.39 is 0 Å². The van der Waals surface area contributed by atoms with Crippen LogP contribution in [0.25, 0.3) is 11.4 Å². The topological polar surface area (TPSA) is 67.6 Å². The summed E-state index contributed by atoms with van der Waals surface area (Å²) in [4.78, 5) is 4.50. The highest BCUT2D eigenvalue weighted by Gasteiger charge is 2.27. The molecule has 0 unspecified atom stereocenters. The lowest BCUT2D eigenvalue weighted by molar-refractivity contribution is 0.935. The molecule has 1 aromatic heterocycles. The fraction of sp³-hybridized carbons (Fsp3) is 0.333. The Kier molecular flexibility index (Phi) is 2.22. The van der Waals surface area contributed by atoms with Crippen LogP contribution >= 0.6 is 0 Å². The van der Waals surface area contributed by atoms with E-state index in [4.69, 9.17) is 5.73 Å². The highest BCUT2D eigenvalue weighted by atomic mass is 15.2. The monoisotopic (exact) mass is 214 g/mol. The number of aromatic nitrogens is 3. The van der Waals surface area contributed by atoms with E-state index >= 15 is 0 Å². The van der Waals surface area contributed by atoms with E-state index in [0.29, 0.717) is 12.5 Å². The molecule has 0 aliphatic heterocycles. The van der Waals surface area contributed by atoms with Crippen LogP contribution in [0.2, 0.25) is 0 Å². The maximum Gasteiger partial charge on any atom is 0.181 e. The standard InChI is InChI=1S/C12H14N4/c13-7-8-1-3-9(4-2-8)11-14-12(16-15-11)10-5-6-10/h1-4,10H,5-7,13H2,(H,14,15,16). The van der Waals surface area contributed by atoms with Crippen molar-refractivity contribution in [2.24, 2.45) is 5.73 Å². The molecule has 82 valence electrons.